The number of hydrogen-bond donors (Lipinski definition) is 1. The van der Waals surface area contributed by atoms with Gasteiger partial charge in [0.2, 0.25) is 0 Å². The van der Waals surface area contributed by atoms with Crippen LogP contribution in [-0.4, -0.2) is 28.7 Å². The van der Waals surface area contributed by atoms with Gasteiger partial charge in [-0.3, -0.25) is 0 Å². The lowest BCUT2D eigenvalue weighted by atomic mass is 10.0. The van der Waals surface area contributed by atoms with Crippen molar-refractivity contribution in [3.63, 3.8) is 0 Å². The average molecular weight is 399 g/mol. The highest BCUT2D eigenvalue weighted by atomic mass is 19.1. The lowest BCUT2D eigenvalue weighted by Gasteiger charge is -2.05. The van der Waals surface area contributed by atoms with Gasteiger partial charge in [0.1, 0.15) is 18.0 Å². The van der Waals surface area contributed by atoms with Crippen LogP contribution in [-0.2, 0) is 4.74 Å². The van der Waals surface area contributed by atoms with E-state index in [1.807, 2.05) is 54.7 Å². The molecular formula is C24H18FN3O2. The third kappa shape index (κ3) is 2.98. The van der Waals surface area contributed by atoms with Gasteiger partial charge in [-0.25, -0.2) is 13.7 Å². The Hall–Kier alpha value is -3.77. The molecule has 30 heavy (non-hydrogen) atoms. The van der Waals surface area contributed by atoms with Gasteiger partial charge in [-0.1, -0.05) is 36.4 Å². The Morgan fingerprint density at radius 3 is 2.70 bits per heavy atom. The van der Waals surface area contributed by atoms with Crippen LogP contribution >= 0.6 is 0 Å². The van der Waals surface area contributed by atoms with E-state index < -0.39 is 5.97 Å². The van der Waals surface area contributed by atoms with Crippen LogP contribution in [0.15, 0.2) is 67.0 Å². The predicted octanol–water partition coefficient (Wildman–Crippen LogP) is 4.16. The number of esters is 1. The zero-order valence-electron chi connectivity index (χ0n) is 16.0. The number of nitrogens with two attached hydrogens (primary N) is 1. The number of halogens is 1. The summed E-state index contributed by atoms with van der Waals surface area (Å²) in [4.78, 5) is 12.2. The second kappa shape index (κ2) is 7.24. The number of aromatic nitrogens is 2. The normalized spacial score (nSPS) is 13.5. The van der Waals surface area contributed by atoms with Gasteiger partial charge >= 0.3 is 5.97 Å². The third-order valence-electron chi connectivity index (χ3n) is 5.20. The fraction of sp³-hybridized carbons (Fsp3) is 0.0833. The van der Waals surface area contributed by atoms with E-state index in [0.717, 1.165) is 33.4 Å². The van der Waals surface area contributed by atoms with Crippen molar-refractivity contribution < 1.29 is 13.9 Å². The minimum atomic E-state index is -0.448. The number of hydrogen-bond acceptors (Lipinski definition) is 4. The molecule has 0 atom stereocenters. The van der Waals surface area contributed by atoms with E-state index in [2.05, 4.69) is 5.10 Å². The van der Waals surface area contributed by atoms with Gasteiger partial charge in [-0.05, 0) is 57.7 Å². The van der Waals surface area contributed by atoms with Crippen molar-refractivity contribution in [3.05, 3.63) is 95.1 Å². The molecule has 0 bridgehead atoms. The van der Waals surface area contributed by atoms with E-state index in [1.54, 1.807) is 10.6 Å². The third-order valence-corrected chi connectivity index (χ3v) is 5.20. The number of fused-ring (bicyclic) bond motifs is 4. The first-order chi connectivity index (χ1) is 14.7. The maximum Gasteiger partial charge on any atom is 0.342 e. The van der Waals surface area contributed by atoms with Gasteiger partial charge in [0.15, 0.2) is 0 Å². The number of pyridine rings is 1. The topological polar surface area (TPSA) is 69.6 Å². The minimum absolute atomic E-state index is 0.162. The van der Waals surface area contributed by atoms with Crippen LogP contribution < -0.4 is 5.73 Å². The molecule has 148 valence electrons. The molecule has 0 amide bonds. The summed E-state index contributed by atoms with van der Waals surface area (Å²) >= 11 is 0. The van der Waals surface area contributed by atoms with Crippen LogP contribution in [0.2, 0.25) is 0 Å². The molecule has 1 aliphatic carbocycles. The van der Waals surface area contributed by atoms with Crippen molar-refractivity contribution in [3.8, 4) is 11.1 Å². The summed E-state index contributed by atoms with van der Waals surface area (Å²) in [5.41, 5.74) is 12.3. The molecule has 1 aliphatic rings. The Balaban J connectivity index is 1.58. The zero-order valence-corrected chi connectivity index (χ0v) is 16.0. The minimum Gasteiger partial charge on any atom is -0.461 e. The second-order valence-electron chi connectivity index (χ2n) is 7.07. The highest BCUT2D eigenvalue weighted by Gasteiger charge is 2.23. The Morgan fingerprint density at radius 2 is 1.87 bits per heavy atom. The van der Waals surface area contributed by atoms with Crippen LogP contribution in [0.25, 0.3) is 28.3 Å². The highest BCUT2D eigenvalue weighted by Crippen LogP contribution is 2.45. The van der Waals surface area contributed by atoms with Gasteiger partial charge in [-0.15, -0.1) is 0 Å². The fourth-order valence-electron chi connectivity index (χ4n) is 3.87. The molecule has 0 spiro atoms. The van der Waals surface area contributed by atoms with Gasteiger partial charge in [0.05, 0.1) is 11.7 Å². The summed E-state index contributed by atoms with van der Waals surface area (Å²) in [5, 5.41) is 4.28. The van der Waals surface area contributed by atoms with E-state index in [0.29, 0.717) is 11.1 Å². The Kier molecular flexibility index (Phi) is 4.41. The quantitative estimate of drug-likeness (QED) is 0.461. The highest BCUT2D eigenvalue weighted by molar-refractivity contribution is 6.06. The number of carbonyl (C=O) groups is 1. The smallest absolute Gasteiger partial charge is 0.342 e. The first-order valence-electron chi connectivity index (χ1n) is 9.61. The van der Waals surface area contributed by atoms with Gasteiger partial charge in [0, 0.05) is 12.7 Å². The lowest BCUT2D eigenvalue weighted by Crippen LogP contribution is -2.13. The monoisotopic (exact) mass is 399 g/mol. The summed E-state index contributed by atoms with van der Waals surface area (Å²) in [7, 11) is 0. The van der Waals surface area contributed by atoms with Crippen molar-refractivity contribution in [1.29, 1.82) is 0 Å². The Labute approximate surface area is 172 Å². The molecule has 5 nitrogen and oxygen atoms in total. The molecule has 2 heterocycles. The van der Waals surface area contributed by atoms with E-state index in [-0.39, 0.29) is 19.0 Å². The molecule has 0 saturated heterocycles. The average Bonchev–Trinajstić information content (AvgIpc) is 3.31. The summed E-state index contributed by atoms with van der Waals surface area (Å²) in [6, 6.07) is 16.6. The van der Waals surface area contributed by atoms with Crippen LogP contribution in [0.4, 0.5) is 4.39 Å². The molecule has 0 saturated carbocycles. The number of ether oxygens (including phenoxy) is 1. The fourth-order valence-corrected chi connectivity index (χ4v) is 3.87. The van der Waals surface area contributed by atoms with Gasteiger partial charge in [-0.2, -0.15) is 5.10 Å². The number of rotatable bonds is 4. The summed E-state index contributed by atoms with van der Waals surface area (Å²) < 4.78 is 20.7. The molecule has 2 aromatic carbocycles. The van der Waals surface area contributed by atoms with Crippen LogP contribution in [0.3, 0.4) is 0 Å². The molecule has 6 heteroatoms. The number of benzene rings is 2. The standard InChI is InChI=1S/C24H18FN3O2/c25-16-6-7-19-17-3-1-2-4-18(17)20(21(19)12-16)11-15-5-8-23-22(13-27-28(23)14-15)24(29)30-10-9-26/h1-8,11-14H,9-10,26H2. The van der Waals surface area contributed by atoms with E-state index in [1.165, 1.54) is 12.3 Å². The van der Waals surface area contributed by atoms with Crippen molar-refractivity contribution in [2.75, 3.05) is 13.2 Å². The largest absolute Gasteiger partial charge is 0.461 e. The van der Waals surface area contributed by atoms with Crippen molar-refractivity contribution in [2.45, 2.75) is 0 Å². The molecule has 0 radical (unpaired) electrons. The van der Waals surface area contributed by atoms with E-state index in [4.69, 9.17) is 10.5 Å². The molecule has 0 fully saturated rings. The molecular weight excluding hydrogens is 381 g/mol. The number of carbonyl (C=O) groups excluding carboxylic acids is 1. The zero-order chi connectivity index (χ0) is 20.7. The molecule has 0 unspecified atom stereocenters. The second-order valence-corrected chi connectivity index (χ2v) is 7.07. The summed E-state index contributed by atoms with van der Waals surface area (Å²) in [5.74, 6) is -0.716. The first-order valence-corrected chi connectivity index (χ1v) is 9.61. The van der Waals surface area contributed by atoms with Gasteiger partial charge in [0.25, 0.3) is 0 Å². The molecule has 4 aromatic rings. The Bertz CT molecular complexity index is 1320. The van der Waals surface area contributed by atoms with E-state index in [9.17, 15) is 9.18 Å². The predicted molar refractivity (Wildman–Crippen MR) is 113 cm³/mol. The van der Waals surface area contributed by atoms with Crippen molar-refractivity contribution >= 4 is 23.1 Å². The van der Waals surface area contributed by atoms with Gasteiger partial charge < -0.3 is 10.5 Å². The lowest BCUT2D eigenvalue weighted by molar-refractivity contribution is 0.0519. The summed E-state index contributed by atoms with van der Waals surface area (Å²) in [6.07, 6.45) is 5.33. The SMILES string of the molecule is NCCOC(=O)c1cnn2cc(C=C3c4ccccc4-c4ccc(F)cc43)ccc12. The van der Waals surface area contributed by atoms with Crippen molar-refractivity contribution in [1.82, 2.24) is 9.61 Å². The molecule has 2 N–H and O–H groups in total. The first kappa shape index (κ1) is 18.3. The van der Waals surface area contributed by atoms with E-state index >= 15 is 0 Å². The van der Waals surface area contributed by atoms with Crippen LogP contribution in [0.1, 0.15) is 27.0 Å². The number of nitrogens with zero attached hydrogens (tertiary/aromatic N) is 2. The van der Waals surface area contributed by atoms with Crippen LogP contribution in [0.5, 0.6) is 0 Å². The molecule has 2 aromatic heterocycles. The summed E-state index contributed by atoms with van der Waals surface area (Å²) in [6.45, 7) is 0.432. The van der Waals surface area contributed by atoms with Crippen LogP contribution in [0, 0.1) is 5.82 Å². The Morgan fingerprint density at radius 1 is 1.07 bits per heavy atom. The molecule has 5 rings (SSSR count). The van der Waals surface area contributed by atoms with Crippen molar-refractivity contribution in [2.24, 2.45) is 5.73 Å². The maximum absolute atomic E-state index is 14.0. The molecule has 0 aliphatic heterocycles. The maximum atomic E-state index is 14.0.